The maximum absolute atomic E-state index is 13.4. The largest absolute Gasteiger partial charge is 0.496 e. The number of methoxy groups -OCH3 is 2. The standard InChI is InChI=1S/C27H34N4O4S/c1-29(2)27-20(16-21-22(34-3)8-9-23(35-4)26(21)28-27)17-31(25(33)15-19-10-14-36-18-19)13-6-12-30-11-5-7-24(30)32/h8-10,14,16,18H,5-7,11-13,15,17H2,1-4H3. The number of anilines is 1. The summed E-state index contributed by atoms with van der Waals surface area (Å²) in [4.78, 5) is 36.2. The number of pyridine rings is 1. The summed E-state index contributed by atoms with van der Waals surface area (Å²) in [6.45, 7) is 2.45. The van der Waals surface area contributed by atoms with Crippen molar-refractivity contribution in [2.45, 2.75) is 32.2 Å². The molecule has 0 radical (unpaired) electrons. The van der Waals surface area contributed by atoms with Crippen molar-refractivity contribution in [2.24, 2.45) is 0 Å². The van der Waals surface area contributed by atoms with Crippen molar-refractivity contribution >= 4 is 39.9 Å². The topological polar surface area (TPSA) is 75.2 Å². The van der Waals surface area contributed by atoms with E-state index in [1.165, 1.54) is 0 Å². The minimum atomic E-state index is 0.0589. The van der Waals surface area contributed by atoms with Gasteiger partial charge in [0.15, 0.2) is 0 Å². The van der Waals surface area contributed by atoms with E-state index in [2.05, 4.69) is 0 Å². The SMILES string of the molecule is COc1ccc(OC)c2nc(N(C)C)c(CN(CCCN3CCCC3=O)C(=O)Cc3ccsc3)cc12. The van der Waals surface area contributed by atoms with E-state index in [9.17, 15) is 9.59 Å². The number of fused-ring (bicyclic) bond motifs is 1. The van der Waals surface area contributed by atoms with Gasteiger partial charge in [0, 0.05) is 57.6 Å². The van der Waals surface area contributed by atoms with Gasteiger partial charge in [-0.25, -0.2) is 4.98 Å². The zero-order valence-corrected chi connectivity index (χ0v) is 22.3. The second-order valence-corrected chi connectivity index (χ2v) is 9.97. The first-order valence-electron chi connectivity index (χ1n) is 12.2. The molecule has 0 bridgehead atoms. The van der Waals surface area contributed by atoms with Gasteiger partial charge in [-0.1, -0.05) is 0 Å². The maximum Gasteiger partial charge on any atom is 0.227 e. The van der Waals surface area contributed by atoms with Crippen LogP contribution in [0.1, 0.15) is 30.4 Å². The van der Waals surface area contributed by atoms with E-state index in [0.29, 0.717) is 49.5 Å². The summed E-state index contributed by atoms with van der Waals surface area (Å²) >= 11 is 1.59. The molecule has 0 unspecified atom stereocenters. The Kier molecular flexibility index (Phi) is 8.30. The number of carbonyl (C=O) groups is 2. The third kappa shape index (κ3) is 5.73. The van der Waals surface area contributed by atoms with Gasteiger partial charge in [0.2, 0.25) is 11.8 Å². The number of nitrogens with zero attached hydrogens (tertiary/aromatic N) is 4. The first-order valence-corrected chi connectivity index (χ1v) is 13.1. The fourth-order valence-corrected chi connectivity index (χ4v) is 5.33. The van der Waals surface area contributed by atoms with Crippen LogP contribution in [0.4, 0.5) is 5.82 Å². The highest BCUT2D eigenvalue weighted by molar-refractivity contribution is 7.08. The molecule has 1 aliphatic rings. The summed E-state index contributed by atoms with van der Waals surface area (Å²) in [6, 6.07) is 7.76. The number of ether oxygens (including phenoxy) is 2. The first kappa shape index (κ1) is 25.8. The Morgan fingerprint density at radius 1 is 1.17 bits per heavy atom. The maximum atomic E-state index is 13.4. The van der Waals surface area contributed by atoms with E-state index in [1.807, 2.05) is 63.8 Å². The summed E-state index contributed by atoms with van der Waals surface area (Å²) in [5.41, 5.74) is 2.66. The Bertz CT molecular complexity index is 1210. The van der Waals surface area contributed by atoms with Crippen LogP contribution in [-0.4, -0.2) is 74.5 Å². The number of rotatable bonds is 11. The molecule has 3 heterocycles. The van der Waals surface area contributed by atoms with Crippen molar-refractivity contribution in [3.05, 3.63) is 46.2 Å². The molecule has 1 aliphatic heterocycles. The van der Waals surface area contributed by atoms with Crippen LogP contribution in [0.5, 0.6) is 11.5 Å². The zero-order chi connectivity index (χ0) is 25.7. The van der Waals surface area contributed by atoms with Crippen molar-refractivity contribution in [1.29, 1.82) is 0 Å². The number of benzene rings is 1. The Labute approximate surface area is 216 Å². The average Bonchev–Trinajstić information content (AvgIpc) is 3.53. The van der Waals surface area contributed by atoms with Crippen molar-refractivity contribution in [3.63, 3.8) is 0 Å². The summed E-state index contributed by atoms with van der Waals surface area (Å²) in [6.07, 6.45) is 2.62. The molecule has 192 valence electrons. The fraction of sp³-hybridized carbons (Fsp3) is 0.444. The molecule has 0 spiro atoms. The Morgan fingerprint density at radius 3 is 2.58 bits per heavy atom. The lowest BCUT2D eigenvalue weighted by Crippen LogP contribution is -2.35. The van der Waals surface area contributed by atoms with Gasteiger partial charge in [0.25, 0.3) is 0 Å². The van der Waals surface area contributed by atoms with Crippen LogP contribution in [0.15, 0.2) is 35.0 Å². The van der Waals surface area contributed by atoms with Crippen LogP contribution in [0.3, 0.4) is 0 Å². The van der Waals surface area contributed by atoms with E-state index in [1.54, 1.807) is 25.6 Å². The van der Waals surface area contributed by atoms with Crippen LogP contribution in [0, 0.1) is 0 Å². The highest BCUT2D eigenvalue weighted by atomic mass is 32.1. The van der Waals surface area contributed by atoms with E-state index < -0.39 is 0 Å². The summed E-state index contributed by atoms with van der Waals surface area (Å²) < 4.78 is 11.2. The predicted octanol–water partition coefficient (Wildman–Crippen LogP) is 3.96. The lowest BCUT2D eigenvalue weighted by atomic mass is 10.1. The van der Waals surface area contributed by atoms with Crippen LogP contribution < -0.4 is 14.4 Å². The highest BCUT2D eigenvalue weighted by Gasteiger charge is 2.23. The fourth-order valence-electron chi connectivity index (χ4n) is 4.66. The number of carbonyl (C=O) groups excluding carboxylic acids is 2. The van der Waals surface area contributed by atoms with E-state index >= 15 is 0 Å². The third-order valence-corrected chi connectivity index (χ3v) is 7.24. The second-order valence-electron chi connectivity index (χ2n) is 9.19. The lowest BCUT2D eigenvalue weighted by Gasteiger charge is -2.27. The molecule has 8 nitrogen and oxygen atoms in total. The molecular formula is C27H34N4O4S. The first-order chi connectivity index (χ1) is 17.4. The van der Waals surface area contributed by atoms with Gasteiger partial charge in [-0.3, -0.25) is 9.59 Å². The number of aromatic nitrogens is 1. The van der Waals surface area contributed by atoms with Crippen LogP contribution in [-0.2, 0) is 22.6 Å². The Morgan fingerprint density at radius 2 is 1.94 bits per heavy atom. The van der Waals surface area contributed by atoms with Gasteiger partial charge in [-0.2, -0.15) is 11.3 Å². The average molecular weight is 511 g/mol. The smallest absolute Gasteiger partial charge is 0.227 e. The molecule has 1 saturated heterocycles. The summed E-state index contributed by atoms with van der Waals surface area (Å²) in [7, 11) is 7.15. The van der Waals surface area contributed by atoms with Gasteiger partial charge in [-0.05, 0) is 53.4 Å². The number of likely N-dealkylation sites (tertiary alicyclic amines) is 1. The second kappa shape index (κ2) is 11.6. The van der Waals surface area contributed by atoms with Crippen LogP contribution in [0.25, 0.3) is 10.9 Å². The molecule has 2 aromatic heterocycles. The zero-order valence-electron chi connectivity index (χ0n) is 21.5. The minimum Gasteiger partial charge on any atom is -0.496 e. The van der Waals surface area contributed by atoms with Crippen LogP contribution in [0.2, 0.25) is 0 Å². The number of hydrogen-bond donors (Lipinski definition) is 0. The molecule has 4 rings (SSSR count). The summed E-state index contributed by atoms with van der Waals surface area (Å²) in [5.74, 6) is 2.41. The van der Waals surface area contributed by atoms with Crippen LogP contribution >= 0.6 is 11.3 Å². The predicted molar refractivity (Wildman–Crippen MR) is 143 cm³/mol. The van der Waals surface area contributed by atoms with Gasteiger partial charge < -0.3 is 24.2 Å². The van der Waals surface area contributed by atoms with Crippen molar-refractivity contribution in [2.75, 3.05) is 52.8 Å². The Balaban J connectivity index is 1.64. The quantitative estimate of drug-likeness (QED) is 0.389. The molecule has 3 aromatic rings. The van der Waals surface area contributed by atoms with Gasteiger partial charge in [0.05, 0.1) is 20.6 Å². The van der Waals surface area contributed by atoms with Gasteiger partial charge in [-0.15, -0.1) is 0 Å². The molecule has 0 N–H and O–H groups in total. The van der Waals surface area contributed by atoms with Gasteiger partial charge >= 0.3 is 0 Å². The van der Waals surface area contributed by atoms with Crippen molar-refractivity contribution < 1.29 is 19.1 Å². The normalized spacial score (nSPS) is 13.3. The monoisotopic (exact) mass is 510 g/mol. The molecule has 9 heteroatoms. The number of amides is 2. The highest BCUT2D eigenvalue weighted by Crippen LogP contribution is 2.35. The molecule has 0 saturated carbocycles. The molecule has 1 aromatic carbocycles. The third-order valence-electron chi connectivity index (χ3n) is 6.50. The van der Waals surface area contributed by atoms with Gasteiger partial charge in [0.1, 0.15) is 22.8 Å². The van der Waals surface area contributed by atoms with E-state index in [4.69, 9.17) is 14.5 Å². The number of thiophene rings is 1. The number of hydrogen-bond acceptors (Lipinski definition) is 7. The molecule has 2 amide bonds. The van der Waals surface area contributed by atoms with E-state index in [0.717, 1.165) is 41.7 Å². The summed E-state index contributed by atoms with van der Waals surface area (Å²) in [5, 5.41) is 4.84. The molecule has 0 atom stereocenters. The molecule has 36 heavy (non-hydrogen) atoms. The lowest BCUT2D eigenvalue weighted by molar-refractivity contribution is -0.131. The van der Waals surface area contributed by atoms with Crippen molar-refractivity contribution in [3.8, 4) is 11.5 Å². The molecular weight excluding hydrogens is 476 g/mol. The Hall–Kier alpha value is -3.33. The minimum absolute atomic E-state index is 0.0589. The molecule has 0 aliphatic carbocycles. The van der Waals surface area contributed by atoms with Crippen molar-refractivity contribution in [1.82, 2.24) is 14.8 Å². The van der Waals surface area contributed by atoms with E-state index in [-0.39, 0.29) is 11.8 Å². The molecule has 1 fully saturated rings.